The molecule has 12 heteroatoms. The highest BCUT2D eigenvalue weighted by atomic mass is 35.5. The van der Waals surface area contributed by atoms with Gasteiger partial charge in [-0.15, -0.1) is 0 Å². The maximum Gasteiger partial charge on any atom is 0.414 e. The Kier molecular flexibility index (Phi) is 5.67. The van der Waals surface area contributed by atoms with Gasteiger partial charge in [0.25, 0.3) is 0 Å². The minimum absolute atomic E-state index is 0.0453. The van der Waals surface area contributed by atoms with Crippen molar-refractivity contribution in [3.05, 3.63) is 34.4 Å². The number of nitrogens with one attached hydrogen (secondary N) is 3. The Morgan fingerprint density at radius 3 is 2.61 bits per heavy atom. The summed E-state index contributed by atoms with van der Waals surface area (Å²) in [5, 5.41) is 6.28. The first-order valence-electron chi connectivity index (χ1n) is 8.24. The van der Waals surface area contributed by atoms with Crippen molar-refractivity contribution >= 4 is 23.5 Å². The maximum absolute atomic E-state index is 14.5. The Balaban J connectivity index is 1.88. The van der Waals surface area contributed by atoms with E-state index < -0.39 is 71.9 Å². The molecule has 6 nitrogen and oxygen atoms in total. The summed E-state index contributed by atoms with van der Waals surface area (Å²) in [4.78, 5) is 23.6. The molecule has 4 atom stereocenters. The van der Waals surface area contributed by atoms with Crippen LogP contribution in [0.2, 0.25) is 5.02 Å². The second-order valence-corrected chi connectivity index (χ2v) is 6.90. The summed E-state index contributed by atoms with van der Waals surface area (Å²) >= 11 is 5.58. The number of hydrogen-bond donors (Lipinski definition) is 3. The molecule has 3 rings (SSSR count). The summed E-state index contributed by atoms with van der Waals surface area (Å²) in [6.07, 6.45) is -7.21. The van der Waals surface area contributed by atoms with E-state index in [2.05, 4.69) is 16.0 Å². The number of amides is 3. The van der Waals surface area contributed by atoms with Gasteiger partial charge in [0.1, 0.15) is 22.7 Å². The molecule has 3 amide bonds. The first kappa shape index (κ1) is 20.6. The highest BCUT2D eigenvalue weighted by Gasteiger charge is 2.48. The zero-order valence-corrected chi connectivity index (χ0v) is 14.8. The molecule has 1 aromatic carbocycles. The van der Waals surface area contributed by atoms with Crippen LogP contribution < -0.4 is 16.0 Å². The molecule has 0 radical (unpaired) electrons. The predicted octanol–water partition coefficient (Wildman–Crippen LogP) is 2.42. The number of hydrogen-bond acceptors (Lipinski definition) is 3. The highest BCUT2D eigenvalue weighted by molar-refractivity contribution is 6.31. The molecule has 2 fully saturated rings. The lowest BCUT2D eigenvalue weighted by Gasteiger charge is -2.26. The summed E-state index contributed by atoms with van der Waals surface area (Å²) in [5.41, 5.74) is -0.270. The minimum atomic E-state index is -4.62. The van der Waals surface area contributed by atoms with Crippen LogP contribution in [0.4, 0.5) is 26.7 Å². The van der Waals surface area contributed by atoms with Gasteiger partial charge in [-0.1, -0.05) is 17.7 Å². The van der Waals surface area contributed by atoms with Crippen LogP contribution in [0.15, 0.2) is 12.1 Å². The van der Waals surface area contributed by atoms with Gasteiger partial charge in [-0.2, -0.15) is 13.2 Å². The van der Waals surface area contributed by atoms with Gasteiger partial charge in [0.15, 0.2) is 6.10 Å². The predicted molar refractivity (Wildman–Crippen MR) is 86.5 cm³/mol. The zero-order valence-electron chi connectivity index (χ0n) is 14.1. The molecule has 3 N–H and O–H groups in total. The lowest BCUT2D eigenvalue weighted by atomic mass is 9.90. The first-order valence-corrected chi connectivity index (χ1v) is 8.62. The largest absolute Gasteiger partial charge is 0.414 e. The molecule has 2 heterocycles. The van der Waals surface area contributed by atoms with Crippen LogP contribution in [0, 0.1) is 17.6 Å². The number of carbonyl (C=O) groups excluding carboxylic acids is 2. The van der Waals surface area contributed by atoms with E-state index in [4.69, 9.17) is 16.3 Å². The van der Waals surface area contributed by atoms with Crippen LogP contribution in [0.3, 0.4) is 0 Å². The molecule has 0 spiro atoms. The lowest BCUT2D eigenvalue weighted by molar-refractivity contribution is -0.206. The van der Waals surface area contributed by atoms with E-state index in [0.717, 1.165) is 12.1 Å². The fourth-order valence-electron chi connectivity index (χ4n) is 3.21. The SMILES string of the molecule is O=C1NC[C@@H](C(=O)N[C@H](c2ccc(F)c(Cl)c2F)[C@@H]2CO[C@H](C(F)(F)F)C2)N1. The molecule has 28 heavy (non-hydrogen) atoms. The number of urea groups is 1. The van der Waals surface area contributed by atoms with E-state index in [-0.39, 0.29) is 12.1 Å². The van der Waals surface area contributed by atoms with Crippen LogP contribution >= 0.6 is 11.6 Å². The monoisotopic (exact) mass is 427 g/mol. The third-order valence-corrected chi connectivity index (χ3v) is 5.00. The Labute approximate surface area is 160 Å². The highest BCUT2D eigenvalue weighted by Crippen LogP contribution is 2.40. The van der Waals surface area contributed by atoms with Gasteiger partial charge in [0.2, 0.25) is 5.91 Å². The third-order valence-electron chi connectivity index (χ3n) is 4.65. The number of rotatable bonds is 4. The molecule has 0 bridgehead atoms. The standard InChI is InChI=1S/C16H15ClF5N3O3/c17-11-8(18)2-1-7(12(11)19)13(6-3-10(28-5-6)16(20,21)22)25-14(26)9-4-23-15(27)24-9/h1-2,6,9-10,13H,3-5H2,(H,25,26)(H2,23,24,27)/t6-,9-,10-,13-/m0/s1. The molecule has 154 valence electrons. The van der Waals surface area contributed by atoms with Crippen molar-refractivity contribution in [3.8, 4) is 0 Å². The fraction of sp³-hybridized carbons (Fsp3) is 0.500. The molecule has 0 saturated carbocycles. The van der Waals surface area contributed by atoms with Crippen molar-refractivity contribution in [1.29, 1.82) is 0 Å². The van der Waals surface area contributed by atoms with Gasteiger partial charge < -0.3 is 20.7 Å². The van der Waals surface area contributed by atoms with E-state index in [1.807, 2.05) is 0 Å². The number of benzene rings is 1. The van der Waals surface area contributed by atoms with Crippen LogP contribution in [0.25, 0.3) is 0 Å². The molecule has 2 saturated heterocycles. The van der Waals surface area contributed by atoms with E-state index in [1.165, 1.54) is 0 Å². The van der Waals surface area contributed by atoms with E-state index >= 15 is 0 Å². The van der Waals surface area contributed by atoms with Gasteiger partial charge in [-0.25, -0.2) is 13.6 Å². The quantitative estimate of drug-likeness (QED) is 0.510. The summed E-state index contributed by atoms with van der Waals surface area (Å²) < 4.78 is 71.6. The molecule has 2 aliphatic rings. The molecule has 0 aromatic heterocycles. The van der Waals surface area contributed by atoms with E-state index in [1.54, 1.807) is 0 Å². The number of halogens is 6. The van der Waals surface area contributed by atoms with Gasteiger partial charge in [-0.3, -0.25) is 4.79 Å². The number of carbonyl (C=O) groups is 2. The number of ether oxygens (including phenoxy) is 1. The van der Waals surface area contributed by atoms with E-state index in [0.29, 0.717) is 0 Å². The van der Waals surface area contributed by atoms with Gasteiger partial charge in [0.05, 0.1) is 12.6 Å². The van der Waals surface area contributed by atoms with Crippen LogP contribution in [0.5, 0.6) is 0 Å². The second-order valence-electron chi connectivity index (χ2n) is 6.52. The maximum atomic E-state index is 14.5. The normalized spacial score (nSPS) is 25.9. The molecule has 0 unspecified atom stereocenters. The van der Waals surface area contributed by atoms with Gasteiger partial charge >= 0.3 is 12.2 Å². The van der Waals surface area contributed by atoms with Crippen LogP contribution in [0.1, 0.15) is 18.0 Å². The van der Waals surface area contributed by atoms with Crippen molar-refractivity contribution in [2.75, 3.05) is 13.2 Å². The zero-order chi connectivity index (χ0) is 20.6. The molecule has 1 aromatic rings. The lowest BCUT2D eigenvalue weighted by Crippen LogP contribution is -2.46. The third kappa shape index (κ3) is 4.14. The smallest absolute Gasteiger partial charge is 0.368 e. The number of alkyl halides is 3. The minimum Gasteiger partial charge on any atom is -0.368 e. The molecule has 2 aliphatic heterocycles. The topological polar surface area (TPSA) is 79.5 Å². The fourth-order valence-corrected chi connectivity index (χ4v) is 3.38. The van der Waals surface area contributed by atoms with Crippen molar-refractivity contribution in [2.24, 2.45) is 5.92 Å². The Bertz CT molecular complexity index is 792. The van der Waals surface area contributed by atoms with Gasteiger partial charge in [-0.05, 0) is 12.5 Å². The van der Waals surface area contributed by atoms with Crippen molar-refractivity contribution in [3.63, 3.8) is 0 Å². The Hall–Kier alpha value is -2.14. The summed E-state index contributed by atoms with van der Waals surface area (Å²) in [6.45, 7) is -0.449. The molecule has 0 aliphatic carbocycles. The second kappa shape index (κ2) is 7.70. The average Bonchev–Trinajstić information content (AvgIpc) is 3.27. The Morgan fingerprint density at radius 1 is 1.32 bits per heavy atom. The van der Waals surface area contributed by atoms with Crippen molar-refractivity contribution < 1.29 is 36.3 Å². The van der Waals surface area contributed by atoms with Gasteiger partial charge in [0, 0.05) is 18.0 Å². The van der Waals surface area contributed by atoms with Crippen molar-refractivity contribution in [2.45, 2.75) is 30.8 Å². The van der Waals surface area contributed by atoms with E-state index in [9.17, 15) is 31.5 Å². The Morgan fingerprint density at radius 2 is 2.04 bits per heavy atom. The summed E-state index contributed by atoms with van der Waals surface area (Å²) in [7, 11) is 0. The van der Waals surface area contributed by atoms with Crippen molar-refractivity contribution in [1.82, 2.24) is 16.0 Å². The van der Waals surface area contributed by atoms with Crippen LogP contribution in [-0.2, 0) is 9.53 Å². The first-order chi connectivity index (χ1) is 13.1. The molecular weight excluding hydrogens is 413 g/mol. The average molecular weight is 428 g/mol. The van der Waals surface area contributed by atoms with Crippen LogP contribution in [-0.4, -0.2) is 43.4 Å². The summed E-state index contributed by atoms with van der Waals surface area (Å²) in [6, 6.07) is -0.983. The molecular formula is C16H15ClF5N3O3. The summed E-state index contributed by atoms with van der Waals surface area (Å²) in [5.74, 6) is -3.91.